The molecule has 0 spiro atoms. The van der Waals surface area contributed by atoms with Gasteiger partial charge in [-0.1, -0.05) is 22.9 Å². The summed E-state index contributed by atoms with van der Waals surface area (Å²) in [4.78, 5) is 14.0. The number of aromatic nitrogens is 2. The Morgan fingerprint density at radius 2 is 2.40 bits per heavy atom. The van der Waals surface area contributed by atoms with Gasteiger partial charge in [0.2, 0.25) is 0 Å². The van der Waals surface area contributed by atoms with Crippen molar-refractivity contribution in [3.8, 4) is 0 Å². The Morgan fingerprint density at radius 1 is 1.73 bits per heavy atom. The van der Waals surface area contributed by atoms with Crippen molar-refractivity contribution in [2.45, 2.75) is 25.1 Å². The third-order valence-corrected chi connectivity index (χ3v) is 2.73. The molecule has 15 heavy (non-hydrogen) atoms. The summed E-state index contributed by atoms with van der Waals surface area (Å²) in [5.41, 5.74) is 1.47. The Hall–Kier alpha value is -0.840. The number of hydrogen-bond acceptors (Lipinski definition) is 2. The third-order valence-electron chi connectivity index (χ3n) is 2.27. The fourth-order valence-electron chi connectivity index (χ4n) is 1.25. The molecule has 1 aromatic rings. The van der Waals surface area contributed by atoms with E-state index in [1.54, 1.807) is 11.1 Å². The lowest BCUT2D eigenvalue weighted by Gasteiger charge is -2.17. The van der Waals surface area contributed by atoms with Crippen LogP contribution in [0.2, 0.25) is 0 Å². The predicted molar refractivity (Wildman–Crippen MR) is 63.3 cm³/mol. The molecule has 1 N–H and O–H groups in total. The van der Waals surface area contributed by atoms with E-state index in [0.29, 0.717) is 10.4 Å². The summed E-state index contributed by atoms with van der Waals surface area (Å²) in [5, 5.41) is 6.60. The molecule has 0 saturated heterocycles. The number of carbonyl (C=O) groups is 1. The van der Waals surface area contributed by atoms with Gasteiger partial charge in [-0.15, -0.1) is 0 Å². The third kappa shape index (κ3) is 3.34. The molecule has 1 atom stereocenters. The Morgan fingerprint density at radius 3 is 2.87 bits per heavy atom. The molecule has 0 aromatic carbocycles. The molecule has 1 heterocycles. The first-order valence-corrected chi connectivity index (χ1v) is 5.83. The van der Waals surface area contributed by atoms with Crippen LogP contribution in [-0.2, 0) is 0 Å². The zero-order valence-electron chi connectivity index (χ0n) is 9.25. The summed E-state index contributed by atoms with van der Waals surface area (Å²) in [5.74, 6) is 0.0226. The van der Waals surface area contributed by atoms with Gasteiger partial charge in [0.1, 0.15) is 0 Å². The number of rotatable bonds is 4. The maximum atomic E-state index is 11.9. The number of amides is 1. The molecule has 0 bridgehead atoms. The minimum Gasteiger partial charge on any atom is -0.342 e. The standard InChI is InChI=1S/C10H16BrN3O/c1-7(11)4-5-14(3)10(15)9-6-12-13-8(9)2/h6-7H,4-5H2,1-3H3,(H,12,13). The molecule has 4 nitrogen and oxygen atoms in total. The van der Waals surface area contributed by atoms with E-state index in [1.165, 1.54) is 0 Å². The summed E-state index contributed by atoms with van der Waals surface area (Å²) < 4.78 is 0. The number of nitrogens with one attached hydrogen (secondary N) is 1. The Bertz CT molecular complexity index is 335. The van der Waals surface area contributed by atoms with E-state index < -0.39 is 0 Å². The van der Waals surface area contributed by atoms with Crippen LogP contribution in [0.4, 0.5) is 0 Å². The Balaban J connectivity index is 2.57. The highest BCUT2D eigenvalue weighted by Crippen LogP contribution is 2.09. The highest BCUT2D eigenvalue weighted by molar-refractivity contribution is 9.09. The van der Waals surface area contributed by atoms with E-state index in [-0.39, 0.29) is 5.91 Å². The average Bonchev–Trinajstić information content (AvgIpc) is 2.59. The first-order chi connectivity index (χ1) is 7.02. The number of nitrogens with zero attached hydrogens (tertiary/aromatic N) is 2. The van der Waals surface area contributed by atoms with Crippen LogP contribution in [-0.4, -0.2) is 39.4 Å². The minimum atomic E-state index is 0.0226. The molecule has 0 radical (unpaired) electrons. The fraction of sp³-hybridized carbons (Fsp3) is 0.600. The second kappa shape index (κ2) is 5.30. The normalized spacial score (nSPS) is 12.5. The molecule has 1 aromatic heterocycles. The molecule has 0 fully saturated rings. The Kier molecular flexibility index (Phi) is 4.32. The van der Waals surface area contributed by atoms with Crippen LogP contribution >= 0.6 is 15.9 Å². The monoisotopic (exact) mass is 273 g/mol. The molecule has 1 rings (SSSR count). The van der Waals surface area contributed by atoms with E-state index in [2.05, 4.69) is 33.1 Å². The van der Waals surface area contributed by atoms with Crippen LogP contribution in [0, 0.1) is 6.92 Å². The van der Waals surface area contributed by atoms with E-state index >= 15 is 0 Å². The number of aromatic amines is 1. The predicted octanol–water partition coefficient (Wildman–Crippen LogP) is 1.96. The zero-order chi connectivity index (χ0) is 11.4. The maximum Gasteiger partial charge on any atom is 0.257 e. The van der Waals surface area contributed by atoms with Crippen molar-refractivity contribution in [1.82, 2.24) is 15.1 Å². The van der Waals surface area contributed by atoms with Gasteiger partial charge in [-0.3, -0.25) is 9.89 Å². The molecule has 1 unspecified atom stereocenters. The molecule has 0 saturated carbocycles. The molecular weight excluding hydrogens is 258 g/mol. The SMILES string of the molecule is Cc1[nH]ncc1C(=O)N(C)CCC(C)Br. The summed E-state index contributed by atoms with van der Waals surface area (Å²) >= 11 is 3.46. The van der Waals surface area contributed by atoms with Gasteiger partial charge in [-0.05, 0) is 13.3 Å². The second-order valence-corrected chi connectivity index (χ2v) is 5.27. The average molecular weight is 274 g/mol. The molecule has 0 aliphatic rings. The highest BCUT2D eigenvalue weighted by atomic mass is 79.9. The number of hydrogen-bond donors (Lipinski definition) is 1. The molecule has 0 aliphatic carbocycles. The van der Waals surface area contributed by atoms with Crippen LogP contribution in [0.3, 0.4) is 0 Å². The molecular formula is C10H16BrN3O. The Labute approximate surface area is 98.2 Å². The van der Waals surface area contributed by atoms with Gasteiger partial charge in [-0.2, -0.15) is 5.10 Å². The van der Waals surface area contributed by atoms with E-state index in [1.807, 2.05) is 14.0 Å². The van der Waals surface area contributed by atoms with Gasteiger partial charge in [0, 0.05) is 24.1 Å². The van der Waals surface area contributed by atoms with Gasteiger partial charge < -0.3 is 4.90 Å². The summed E-state index contributed by atoms with van der Waals surface area (Å²) in [7, 11) is 1.81. The quantitative estimate of drug-likeness (QED) is 0.853. The van der Waals surface area contributed by atoms with Gasteiger partial charge in [0.15, 0.2) is 0 Å². The first kappa shape index (κ1) is 12.2. The smallest absolute Gasteiger partial charge is 0.257 e. The van der Waals surface area contributed by atoms with E-state index in [9.17, 15) is 4.79 Å². The highest BCUT2D eigenvalue weighted by Gasteiger charge is 2.15. The minimum absolute atomic E-state index is 0.0226. The summed E-state index contributed by atoms with van der Waals surface area (Å²) in [6.45, 7) is 4.67. The van der Waals surface area contributed by atoms with Crippen molar-refractivity contribution >= 4 is 21.8 Å². The van der Waals surface area contributed by atoms with Crippen molar-refractivity contribution in [3.63, 3.8) is 0 Å². The van der Waals surface area contributed by atoms with Crippen molar-refractivity contribution in [1.29, 1.82) is 0 Å². The zero-order valence-corrected chi connectivity index (χ0v) is 10.8. The topological polar surface area (TPSA) is 49.0 Å². The number of halogens is 1. The number of H-pyrrole nitrogens is 1. The van der Waals surface area contributed by atoms with E-state index in [0.717, 1.165) is 18.7 Å². The van der Waals surface area contributed by atoms with Crippen LogP contribution < -0.4 is 0 Å². The lowest BCUT2D eigenvalue weighted by Crippen LogP contribution is -2.29. The molecule has 84 valence electrons. The summed E-state index contributed by atoms with van der Waals surface area (Å²) in [6, 6.07) is 0. The van der Waals surface area contributed by atoms with Crippen molar-refractivity contribution in [2.75, 3.05) is 13.6 Å². The summed E-state index contributed by atoms with van der Waals surface area (Å²) in [6.07, 6.45) is 2.52. The van der Waals surface area contributed by atoms with Crippen molar-refractivity contribution in [3.05, 3.63) is 17.5 Å². The lowest BCUT2D eigenvalue weighted by molar-refractivity contribution is 0.0793. The second-order valence-electron chi connectivity index (χ2n) is 3.70. The molecule has 1 amide bonds. The number of carbonyl (C=O) groups excluding carboxylic acids is 1. The van der Waals surface area contributed by atoms with Crippen molar-refractivity contribution in [2.24, 2.45) is 0 Å². The lowest BCUT2D eigenvalue weighted by atomic mass is 10.2. The first-order valence-electron chi connectivity index (χ1n) is 4.92. The maximum absolute atomic E-state index is 11.9. The van der Waals surface area contributed by atoms with Crippen LogP contribution in [0.5, 0.6) is 0 Å². The van der Waals surface area contributed by atoms with E-state index in [4.69, 9.17) is 0 Å². The fourth-order valence-corrected chi connectivity index (χ4v) is 1.45. The van der Waals surface area contributed by atoms with Gasteiger partial charge in [-0.25, -0.2) is 0 Å². The van der Waals surface area contributed by atoms with Crippen LogP contribution in [0.15, 0.2) is 6.20 Å². The van der Waals surface area contributed by atoms with Gasteiger partial charge >= 0.3 is 0 Å². The number of aryl methyl sites for hydroxylation is 1. The van der Waals surface area contributed by atoms with Crippen LogP contribution in [0.1, 0.15) is 29.4 Å². The largest absolute Gasteiger partial charge is 0.342 e. The molecule has 5 heteroatoms. The van der Waals surface area contributed by atoms with Gasteiger partial charge in [0.05, 0.1) is 11.8 Å². The van der Waals surface area contributed by atoms with Crippen molar-refractivity contribution < 1.29 is 4.79 Å². The van der Waals surface area contributed by atoms with Crippen LogP contribution in [0.25, 0.3) is 0 Å². The molecule has 0 aliphatic heterocycles. The number of alkyl halides is 1. The van der Waals surface area contributed by atoms with Gasteiger partial charge in [0.25, 0.3) is 5.91 Å².